The van der Waals surface area contributed by atoms with Gasteiger partial charge in [0.2, 0.25) is 5.91 Å². The standard InChI is InChI=1S/C20H18Cl2N4O/c1-12-13-4-2-5-15(19-11-23-25-24-19)14(13)8-9-26(12)20(27)10-16-17(21)6-3-7-18(16)22/h2-7,11-12H,8-10H2,1H3,(H,23,24,25)/t12-/m0/s1. The van der Waals surface area contributed by atoms with Gasteiger partial charge in [0.25, 0.3) is 0 Å². The highest BCUT2D eigenvalue weighted by Gasteiger charge is 2.30. The number of fused-ring (bicyclic) bond motifs is 1. The molecule has 0 radical (unpaired) electrons. The molecule has 1 aliphatic rings. The smallest absolute Gasteiger partial charge is 0.227 e. The van der Waals surface area contributed by atoms with Crippen LogP contribution in [0.25, 0.3) is 11.3 Å². The van der Waals surface area contributed by atoms with Crippen LogP contribution in [0.4, 0.5) is 0 Å². The summed E-state index contributed by atoms with van der Waals surface area (Å²) in [5.41, 5.74) is 4.93. The zero-order valence-electron chi connectivity index (χ0n) is 14.7. The Morgan fingerprint density at radius 2 is 1.96 bits per heavy atom. The summed E-state index contributed by atoms with van der Waals surface area (Å²) < 4.78 is 0. The lowest BCUT2D eigenvalue weighted by Crippen LogP contribution is -2.40. The van der Waals surface area contributed by atoms with Gasteiger partial charge >= 0.3 is 0 Å². The highest BCUT2D eigenvalue weighted by molar-refractivity contribution is 6.36. The number of aromatic nitrogens is 3. The number of benzene rings is 2. The molecule has 1 aromatic heterocycles. The van der Waals surface area contributed by atoms with Crippen molar-refractivity contribution in [3.8, 4) is 11.3 Å². The zero-order valence-corrected chi connectivity index (χ0v) is 16.3. The quantitative estimate of drug-likeness (QED) is 0.705. The second kappa shape index (κ2) is 7.33. The van der Waals surface area contributed by atoms with Gasteiger partial charge in [-0.05, 0) is 42.2 Å². The first-order chi connectivity index (χ1) is 13.1. The van der Waals surface area contributed by atoms with Crippen molar-refractivity contribution in [1.82, 2.24) is 20.3 Å². The zero-order chi connectivity index (χ0) is 19.0. The maximum atomic E-state index is 13.0. The van der Waals surface area contributed by atoms with Gasteiger partial charge in [-0.25, -0.2) is 0 Å². The van der Waals surface area contributed by atoms with Crippen LogP contribution >= 0.6 is 23.2 Å². The summed E-state index contributed by atoms with van der Waals surface area (Å²) in [5.74, 6) is 0.0231. The van der Waals surface area contributed by atoms with Crippen molar-refractivity contribution >= 4 is 29.1 Å². The van der Waals surface area contributed by atoms with E-state index in [1.54, 1.807) is 24.4 Å². The van der Waals surface area contributed by atoms with E-state index >= 15 is 0 Å². The second-order valence-electron chi connectivity index (χ2n) is 6.62. The van der Waals surface area contributed by atoms with Crippen LogP contribution in [0.15, 0.2) is 42.6 Å². The molecule has 0 spiro atoms. The number of amides is 1. The molecule has 1 aliphatic heterocycles. The molecule has 5 nitrogen and oxygen atoms in total. The van der Waals surface area contributed by atoms with Gasteiger partial charge in [0, 0.05) is 22.2 Å². The van der Waals surface area contributed by atoms with Crippen LogP contribution < -0.4 is 0 Å². The Morgan fingerprint density at radius 1 is 1.22 bits per heavy atom. The molecule has 7 heteroatoms. The molecule has 27 heavy (non-hydrogen) atoms. The van der Waals surface area contributed by atoms with E-state index in [0.717, 1.165) is 23.2 Å². The van der Waals surface area contributed by atoms with E-state index in [-0.39, 0.29) is 18.4 Å². The fourth-order valence-electron chi connectivity index (χ4n) is 3.73. The van der Waals surface area contributed by atoms with E-state index < -0.39 is 0 Å². The van der Waals surface area contributed by atoms with Crippen LogP contribution in [0.1, 0.15) is 29.7 Å². The fourth-order valence-corrected chi connectivity index (χ4v) is 4.27. The van der Waals surface area contributed by atoms with Crippen molar-refractivity contribution in [2.24, 2.45) is 0 Å². The number of halogens is 2. The van der Waals surface area contributed by atoms with Crippen LogP contribution in [0.3, 0.4) is 0 Å². The van der Waals surface area contributed by atoms with E-state index in [0.29, 0.717) is 22.2 Å². The Kier molecular flexibility index (Phi) is 4.89. The van der Waals surface area contributed by atoms with Gasteiger partial charge in [-0.1, -0.05) is 47.5 Å². The van der Waals surface area contributed by atoms with Crippen LogP contribution in [0.2, 0.25) is 10.0 Å². The first kappa shape index (κ1) is 18.0. The molecule has 1 atom stereocenters. The van der Waals surface area contributed by atoms with Crippen molar-refractivity contribution in [2.75, 3.05) is 6.54 Å². The van der Waals surface area contributed by atoms with Crippen molar-refractivity contribution in [1.29, 1.82) is 0 Å². The number of carbonyl (C=O) groups excluding carboxylic acids is 1. The maximum Gasteiger partial charge on any atom is 0.227 e. The third-order valence-corrected chi connectivity index (χ3v) is 5.84. The number of nitrogens with zero attached hydrogens (tertiary/aromatic N) is 3. The summed E-state index contributed by atoms with van der Waals surface area (Å²) in [6, 6.07) is 11.4. The number of carbonyl (C=O) groups is 1. The minimum absolute atomic E-state index is 0.0231. The Labute approximate surface area is 167 Å². The largest absolute Gasteiger partial charge is 0.335 e. The molecule has 1 N–H and O–H groups in total. The minimum Gasteiger partial charge on any atom is -0.335 e. The average molecular weight is 401 g/mol. The van der Waals surface area contributed by atoms with E-state index in [1.807, 2.05) is 17.0 Å². The average Bonchev–Trinajstić information content (AvgIpc) is 3.19. The molecule has 4 rings (SSSR count). The Bertz CT molecular complexity index is 967. The molecular formula is C20H18Cl2N4O. The molecule has 0 bridgehead atoms. The Morgan fingerprint density at radius 3 is 2.67 bits per heavy atom. The molecule has 0 saturated carbocycles. The first-order valence-electron chi connectivity index (χ1n) is 8.76. The Hall–Kier alpha value is -2.37. The van der Waals surface area contributed by atoms with Crippen LogP contribution in [-0.2, 0) is 17.6 Å². The summed E-state index contributed by atoms with van der Waals surface area (Å²) in [5, 5.41) is 11.8. The molecule has 0 fully saturated rings. The van der Waals surface area contributed by atoms with Gasteiger partial charge in [0.05, 0.1) is 18.7 Å². The highest BCUT2D eigenvalue weighted by Crippen LogP contribution is 2.36. The summed E-state index contributed by atoms with van der Waals surface area (Å²) in [6.07, 6.45) is 2.68. The summed E-state index contributed by atoms with van der Waals surface area (Å²) in [7, 11) is 0. The number of hydrogen-bond donors (Lipinski definition) is 1. The van der Waals surface area contributed by atoms with Gasteiger partial charge < -0.3 is 4.90 Å². The number of aromatic amines is 1. The van der Waals surface area contributed by atoms with E-state index in [9.17, 15) is 4.79 Å². The Balaban J connectivity index is 1.61. The molecule has 2 aromatic carbocycles. The van der Waals surface area contributed by atoms with Crippen molar-refractivity contribution in [3.05, 3.63) is 69.3 Å². The molecular weight excluding hydrogens is 383 g/mol. The predicted molar refractivity (Wildman–Crippen MR) is 106 cm³/mol. The van der Waals surface area contributed by atoms with Crippen LogP contribution in [0, 0.1) is 0 Å². The summed E-state index contributed by atoms with van der Waals surface area (Å²) in [4.78, 5) is 14.9. The van der Waals surface area contributed by atoms with Gasteiger partial charge in [-0.3, -0.25) is 4.79 Å². The normalized spacial score (nSPS) is 16.3. The third kappa shape index (κ3) is 3.33. The lowest BCUT2D eigenvalue weighted by molar-refractivity contribution is -0.133. The minimum atomic E-state index is -0.0330. The molecule has 0 unspecified atom stereocenters. The van der Waals surface area contributed by atoms with E-state index in [4.69, 9.17) is 23.2 Å². The number of rotatable bonds is 3. The first-order valence-corrected chi connectivity index (χ1v) is 9.52. The summed E-state index contributed by atoms with van der Waals surface area (Å²) >= 11 is 12.5. The van der Waals surface area contributed by atoms with Crippen molar-refractivity contribution < 1.29 is 4.79 Å². The van der Waals surface area contributed by atoms with Gasteiger partial charge in [-0.15, -0.1) is 0 Å². The molecule has 2 heterocycles. The van der Waals surface area contributed by atoms with Gasteiger partial charge in [0.15, 0.2) is 0 Å². The van der Waals surface area contributed by atoms with Crippen molar-refractivity contribution in [2.45, 2.75) is 25.8 Å². The maximum absolute atomic E-state index is 13.0. The fraction of sp³-hybridized carbons (Fsp3) is 0.250. The SMILES string of the molecule is C[C@H]1c2cccc(-c3cn[nH]n3)c2CCN1C(=O)Cc1c(Cl)cccc1Cl. The second-order valence-corrected chi connectivity index (χ2v) is 7.43. The molecule has 138 valence electrons. The number of nitrogens with one attached hydrogen (secondary N) is 1. The molecule has 1 amide bonds. The van der Waals surface area contributed by atoms with Crippen molar-refractivity contribution in [3.63, 3.8) is 0 Å². The molecule has 3 aromatic rings. The highest BCUT2D eigenvalue weighted by atomic mass is 35.5. The predicted octanol–water partition coefficient (Wildman–Crippen LogP) is 4.47. The summed E-state index contributed by atoms with van der Waals surface area (Å²) in [6.45, 7) is 2.70. The van der Waals surface area contributed by atoms with Gasteiger partial charge in [0.1, 0.15) is 5.69 Å². The monoisotopic (exact) mass is 400 g/mol. The lowest BCUT2D eigenvalue weighted by atomic mass is 9.88. The van der Waals surface area contributed by atoms with Gasteiger partial charge in [-0.2, -0.15) is 15.4 Å². The number of H-pyrrole nitrogens is 1. The molecule has 0 aliphatic carbocycles. The van der Waals surface area contributed by atoms with E-state index in [1.165, 1.54) is 5.56 Å². The van der Waals surface area contributed by atoms with Crippen LogP contribution in [0.5, 0.6) is 0 Å². The lowest BCUT2D eigenvalue weighted by Gasteiger charge is -2.36. The topological polar surface area (TPSA) is 61.9 Å². The van der Waals surface area contributed by atoms with Crippen LogP contribution in [-0.4, -0.2) is 32.8 Å². The van der Waals surface area contributed by atoms with E-state index in [2.05, 4.69) is 28.4 Å². The molecule has 0 saturated heterocycles. The third-order valence-electron chi connectivity index (χ3n) is 5.13. The number of hydrogen-bond acceptors (Lipinski definition) is 3.